The summed E-state index contributed by atoms with van der Waals surface area (Å²) in [5.74, 6) is 0.792. The highest BCUT2D eigenvalue weighted by atomic mass is 16.5. The van der Waals surface area contributed by atoms with Crippen molar-refractivity contribution in [1.29, 1.82) is 0 Å². The average molecular weight is 448 g/mol. The number of phenolic OH excluding ortho intramolecular Hbond substituents is 1. The van der Waals surface area contributed by atoms with Crippen molar-refractivity contribution in [2.24, 2.45) is 5.92 Å². The highest BCUT2D eigenvalue weighted by molar-refractivity contribution is 5.78. The molecule has 3 aromatic rings. The Labute approximate surface area is 193 Å². The summed E-state index contributed by atoms with van der Waals surface area (Å²) in [7, 11) is 0. The molecule has 1 N–H and O–H groups in total. The maximum atomic E-state index is 13.7. The first kappa shape index (κ1) is 22.6. The van der Waals surface area contributed by atoms with Crippen molar-refractivity contribution in [1.82, 2.24) is 4.57 Å². The van der Waals surface area contributed by atoms with Gasteiger partial charge in [0.25, 0.3) is 5.56 Å². The van der Waals surface area contributed by atoms with Gasteiger partial charge in [0, 0.05) is 29.8 Å². The fraction of sp³-hybridized carbons (Fsp3) is 0.333. The molecule has 2 heterocycles. The zero-order valence-electron chi connectivity index (χ0n) is 19.2. The second kappa shape index (κ2) is 9.53. The summed E-state index contributed by atoms with van der Waals surface area (Å²) in [6.45, 7) is 7.02. The van der Waals surface area contributed by atoms with Gasteiger partial charge in [0.2, 0.25) is 0 Å². The highest BCUT2D eigenvalue weighted by Gasteiger charge is 2.34. The highest BCUT2D eigenvalue weighted by Crippen LogP contribution is 2.40. The van der Waals surface area contributed by atoms with Gasteiger partial charge < -0.3 is 19.1 Å². The monoisotopic (exact) mass is 447 g/mol. The van der Waals surface area contributed by atoms with Crippen LogP contribution in [0.2, 0.25) is 0 Å². The first-order chi connectivity index (χ1) is 15.8. The molecule has 0 saturated carbocycles. The Bertz CT molecular complexity index is 1210. The van der Waals surface area contributed by atoms with Crippen LogP contribution in [0, 0.1) is 12.8 Å². The van der Waals surface area contributed by atoms with Gasteiger partial charge in [-0.3, -0.25) is 9.59 Å². The number of para-hydroxylation sites is 1. The van der Waals surface area contributed by atoms with Crippen molar-refractivity contribution < 1.29 is 19.4 Å². The predicted molar refractivity (Wildman–Crippen MR) is 126 cm³/mol. The Kier molecular flexibility index (Phi) is 6.54. The fourth-order valence-corrected chi connectivity index (χ4v) is 4.20. The van der Waals surface area contributed by atoms with Crippen LogP contribution >= 0.6 is 0 Å². The average Bonchev–Trinajstić information content (AvgIpc) is 2.78. The third-order valence-corrected chi connectivity index (χ3v) is 5.88. The van der Waals surface area contributed by atoms with Crippen molar-refractivity contribution in [2.45, 2.75) is 46.1 Å². The third kappa shape index (κ3) is 4.95. The van der Waals surface area contributed by atoms with Gasteiger partial charge in [0.1, 0.15) is 17.2 Å². The van der Waals surface area contributed by atoms with Crippen LogP contribution in [0.1, 0.15) is 48.6 Å². The molecule has 1 aliphatic rings. The lowest BCUT2D eigenvalue weighted by Gasteiger charge is -2.27. The molecule has 6 heteroatoms. The van der Waals surface area contributed by atoms with Crippen LogP contribution in [-0.2, 0) is 17.8 Å². The molecular weight excluding hydrogens is 418 g/mol. The van der Waals surface area contributed by atoms with E-state index >= 15 is 0 Å². The van der Waals surface area contributed by atoms with Crippen molar-refractivity contribution in [2.75, 3.05) is 6.61 Å². The second-order valence-electron chi connectivity index (χ2n) is 8.91. The number of nitrogens with zero attached hydrogens (tertiary/aromatic N) is 1. The van der Waals surface area contributed by atoms with E-state index in [0.717, 1.165) is 16.8 Å². The number of hydrogen-bond donors (Lipinski definition) is 1. The predicted octanol–water partition coefficient (Wildman–Crippen LogP) is 4.58. The van der Waals surface area contributed by atoms with Crippen LogP contribution in [0.3, 0.4) is 0 Å². The summed E-state index contributed by atoms with van der Waals surface area (Å²) in [4.78, 5) is 26.1. The summed E-state index contributed by atoms with van der Waals surface area (Å²) < 4.78 is 13.3. The van der Waals surface area contributed by atoms with E-state index < -0.39 is 5.92 Å². The number of rotatable bonds is 7. The molecule has 33 heavy (non-hydrogen) atoms. The molecule has 0 unspecified atom stereocenters. The lowest BCUT2D eigenvalue weighted by atomic mass is 9.86. The topological polar surface area (TPSA) is 77.8 Å². The van der Waals surface area contributed by atoms with Gasteiger partial charge in [0.15, 0.2) is 0 Å². The summed E-state index contributed by atoms with van der Waals surface area (Å²) in [5, 5.41) is 9.51. The number of fused-ring (bicyclic) bond motifs is 1. The fourth-order valence-electron chi connectivity index (χ4n) is 4.20. The van der Waals surface area contributed by atoms with Gasteiger partial charge >= 0.3 is 5.97 Å². The molecule has 0 bridgehead atoms. The number of aromatic nitrogens is 1. The Morgan fingerprint density at radius 1 is 1.12 bits per heavy atom. The largest absolute Gasteiger partial charge is 0.508 e. The molecule has 0 radical (unpaired) electrons. The minimum Gasteiger partial charge on any atom is -0.508 e. The van der Waals surface area contributed by atoms with E-state index in [1.165, 1.54) is 0 Å². The second-order valence-corrected chi connectivity index (χ2v) is 8.91. The molecule has 0 amide bonds. The number of aryl methyl sites for hydroxylation is 2. The molecule has 4 rings (SSSR count). The normalized spacial score (nSPS) is 15.3. The van der Waals surface area contributed by atoms with E-state index in [2.05, 4.69) is 13.8 Å². The van der Waals surface area contributed by atoms with E-state index in [-0.39, 0.29) is 23.7 Å². The molecule has 1 atom stereocenters. The van der Waals surface area contributed by atoms with Crippen LogP contribution in [-0.4, -0.2) is 22.2 Å². The Balaban J connectivity index is 1.73. The van der Waals surface area contributed by atoms with Crippen LogP contribution < -0.4 is 15.0 Å². The SMILES string of the molecule is Cc1cc2c(c(=O)n1CCc1ccc(O)cc1)[C@@H](c1ccccc1OCC(C)C)CC(=O)O2. The number of ether oxygens (including phenoxy) is 2. The summed E-state index contributed by atoms with van der Waals surface area (Å²) in [5.41, 5.74) is 2.91. The van der Waals surface area contributed by atoms with Gasteiger partial charge in [-0.05, 0) is 43.0 Å². The molecule has 0 fully saturated rings. The number of hydrogen-bond acceptors (Lipinski definition) is 5. The minimum atomic E-state index is -0.433. The molecule has 172 valence electrons. The van der Waals surface area contributed by atoms with E-state index in [9.17, 15) is 14.7 Å². The van der Waals surface area contributed by atoms with E-state index in [4.69, 9.17) is 9.47 Å². The molecule has 1 aromatic heterocycles. The number of carbonyl (C=O) groups excluding carboxylic acids is 1. The molecular formula is C27H29NO5. The van der Waals surface area contributed by atoms with Crippen LogP contribution in [0.15, 0.2) is 59.4 Å². The number of aromatic hydroxyl groups is 1. The lowest BCUT2D eigenvalue weighted by molar-refractivity contribution is -0.135. The first-order valence-electron chi connectivity index (χ1n) is 11.3. The first-order valence-corrected chi connectivity index (χ1v) is 11.3. The zero-order valence-corrected chi connectivity index (χ0v) is 19.2. The molecule has 0 aliphatic carbocycles. The number of phenols is 1. The van der Waals surface area contributed by atoms with E-state index in [1.807, 2.05) is 43.3 Å². The number of carbonyl (C=O) groups is 1. The smallest absolute Gasteiger partial charge is 0.312 e. The van der Waals surface area contributed by atoms with E-state index in [0.29, 0.717) is 42.6 Å². The van der Waals surface area contributed by atoms with Crippen molar-refractivity contribution >= 4 is 5.97 Å². The van der Waals surface area contributed by atoms with Crippen LogP contribution in [0.25, 0.3) is 0 Å². The standard InChI is InChI=1S/C27H29NO5/c1-17(2)16-32-23-7-5-4-6-21(23)22-15-25(30)33-24-14-18(3)28(27(31)26(22)24)13-12-19-8-10-20(29)11-9-19/h4-11,14,17,22,29H,12-13,15-16H2,1-3H3/t22-/m1/s1. The molecule has 0 spiro atoms. The number of esters is 1. The lowest BCUT2D eigenvalue weighted by Crippen LogP contribution is -2.33. The number of pyridine rings is 1. The van der Waals surface area contributed by atoms with Gasteiger partial charge in [-0.1, -0.05) is 44.2 Å². The summed E-state index contributed by atoms with van der Waals surface area (Å²) >= 11 is 0. The molecule has 2 aromatic carbocycles. The van der Waals surface area contributed by atoms with Gasteiger partial charge in [-0.2, -0.15) is 0 Å². The molecule has 0 saturated heterocycles. The van der Waals surface area contributed by atoms with Crippen LogP contribution in [0.5, 0.6) is 17.2 Å². The maximum absolute atomic E-state index is 13.7. The number of benzene rings is 2. The van der Waals surface area contributed by atoms with Crippen molar-refractivity contribution in [3.05, 3.63) is 87.3 Å². The Morgan fingerprint density at radius 3 is 2.58 bits per heavy atom. The van der Waals surface area contributed by atoms with Gasteiger partial charge in [0.05, 0.1) is 18.6 Å². The summed E-state index contributed by atoms with van der Waals surface area (Å²) in [6, 6.07) is 16.3. The molecule has 6 nitrogen and oxygen atoms in total. The van der Waals surface area contributed by atoms with E-state index in [1.54, 1.807) is 22.8 Å². The summed E-state index contributed by atoms with van der Waals surface area (Å²) in [6.07, 6.45) is 0.726. The third-order valence-electron chi connectivity index (χ3n) is 5.88. The Hall–Kier alpha value is -3.54. The van der Waals surface area contributed by atoms with Crippen LogP contribution in [0.4, 0.5) is 0 Å². The maximum Gasteiger partial charge on any atom is 0.312 e. The Morgan fingerprint density at radius 2 is 1.85 bits per heavy atom. The quantitative estimate of drug-likeness (QED) is 0.537. The van der Waals surface area contributed by atoms with Crippen molar-refractivity contribution in [3.8, 4) is 17.2 Å². The zero-order chi connectivity index (χ0) is 23.5. The molecule has 1 aliphatic heterocycles. The minimum absolute atomic E-state index is 0.0886. The van der Waals surface area contributed by atoms with Gasteiger partial charge in [-0.15, -0.1) is 0 Å². The van der Waals surface area contributed by atoms with Gasteiger partial charge in [-0.25, -0.2) is 0 Å². The van der Waals surface area contributed by atoms with Crippen molar-refractivity contribution in [3.63, 3.8) is 0 Å².